The van der Waals surface area contributed by atoms with Crippen molar-refractivity contribution in [3.8, 4) is 5.75 Å². The summed E-state index contributed by atoms with van der Waals surface area (Å²) >= 11 is 1.18. The van der Waals surface area contributed by atoms with Gasteiger partial charge in [0.05, 0.1) is 17.3 Å². The molecule has 0 aliphatic carbocycles. The maximum absolute atomic E-state index is 12.9. The summed E-state index contributed by atoms with van der Waals surface area (Å²) in [5.74, 6) is 0.274. The van der Waals surface area contributed by atoms with E-state index in [0.717, 1.165) is 11.3 Å². The van der Waals surface area contributed by atoms with E-state index in [9.17, 15) is 18.0 Å². The highest BCUT2D eigenvalue weighted by molar-refractivity contribution is 8.00. The van der Waals surface area contributed by atoms with Gasteiger partial charge in [-0.1, -0.05) is 26.0 Å². The summed E-state index contributed by atoms with van der Waals surface area (Å²) in [4.78, 5) is 24.9. The van der Waals surface area contributed by atoms with Crippen LogP contribution in [0, 0.1) is 0 Å². The fourth-order valence-electron chi connectivity index (χ4n) is 3.30. The Morgan fingerprint density at radius 2 is 1.82 bits per heavy atom. The molecule has 3 rings (SSSR count). The van der Waals surface area contributed by atoms with Crippen molar-refractivity contribution in [2.45, 2.75) is 42.3 Å². The number of carbonyl (C=O) groups is 2. The summed E-state index contributed by atoms with van der Waals surface area (Å²) in [7, 11) is -3.83. The van der Waals surface area contributed by atoms with Crippen molar-refractivity contribution in [3.05, 3.63) is 54.1 Å². The van der Waals surface area contributed by atoms with Gasteiger partial charge >= 0.3 is 0 Å². The summed E-state index contributed by atoms with van der Waals surface area (Å²) in [5, 5.41) is 7.20. The highest BCUT2D eigenvalue weighted by Gasteiger charge is 2.38. The molecule has 0 bridgehead atoms. The number of benzene rings is 2. The van der Waals surface area contributed by atoms with Crippen LogP contribution in [0.5, 0.6) is 5.75 Å². The lowest BCUT2D eigenvalue weighted by Crippen LogP contribution is -2.59. The molecular weight excluding hydrogens is 462 g/mol. The van der Waals surface area contributed by atoms with Gasteiger partial charge in [0.15, 0.2) is 15.1 Å². The van der Waals surface area contributed by atoms with Gasteiger partial charge in [-0.25, -0.2) is 8.42 Å². The van der Waals surface area contributed by atoms with Crippen molar-refractivity contribution in [2.75, 3.05) is 24.2 Å². The minimum absolute atomic E-state index is 0.0295. The van der Waals surface area contributed by atoms with Crippen molar-refractivity contribution in [3.63, 3.8) is 0 Å². The van der Waals surface area contributed by atoms with Crippen LogP contribution in [0.2, 0.25) is 0 Å². The molecule has 33 heavy (non-hydrogen) atoms. The molecule has 0 saturated carbocycles. The summed E-state index contributed by atoms with van der Waals surface area (Å²) in [5.41, 5.74) is 1.11. The molecule has 1 aliphatic heterocycles. The third kappa shape index (κ3) is 6.49. The standard InChI is InChI=1S/C23H29N3O5S2/c1-4-31-18-9-7-17(8-10-18)25-21(27)14-32-23-24-13-20(22(28)26-23)33(29,30)19-11-5-16(6-12-19)15(2)3/h5-12,15,20,23-24H,4,13-14H2,1-3H3,(H,25,27)(H,26,28). The molecule has 1 saturated heterocycles. The fourth-order valence-corrected chi connectivity index (χ4v) is 5.61. The van der Waals surface area contributed by atoms with Crippen LogP contribution in [-0.2, 0) is 19.4 Å². The van der Waals surface area contributed by atoms with Gasteiger partial charge in [-0.15, -0.1) is 11.8 Å². The molecule has 178 valence electrons. The maximum Gasteiger partial charge on any atom is 0.241 e. The second-order valence-corrected chi connectivity index (χ2v) is 11.1. The Labute approximate surface area is 198 Å². The van der Waals surface area contributed by atoms with Crippen LogP contribution in [0.15, 0.2) is 53.4 Å². The SMILES string of the molecule is CCOc1ccc(NC(=O)CSC2NCC(S(=O)(=O)c3ccc(C(C)C)cc3)C(=O)N2)cc1. The summed E-state index contributed by atoms with van der Waals surface area (Å²) in [6, 6.07) is 13.7. The molecule has 1 fully saturated rings. The average molecular weight is 492 g/mol. The quantitative estimate of drug-likeness (QED) is 0.494. The topological polar surface area (TPSA) is 114 Å². The number of hydrogen-bond donors (Lipinski definition) is 3. The third-order valence-corrected chi connectivity index (χ3v) is 8.24. The monoisotopic (exact) mass is 491 g/mol. The molecule has 2 aromatic rings. The van der Waals surface area contributed by atoms with Crippen molar-refractivity contribution >= 4 is 39.1 Å². The van der Waals surface area contributed by atoms with Gasteiger partial charge < -0.3 is 15.4 Å². The van der Waals surface area contributed by atoms with Gasteiger partial charge in [-0.2, -0.15) is 0 Å². The van der Waals surface area contributed by atoms with Gasteiger partial charge in [-0.3, -0.25) is 14.9 Å². The molecule has 10 heteroatoms. The number of rotatable bonds is 9. The van der Waals surface area contributed by atoms with Crippen molar-refractivity contribution in [1.82, 2.24) is 10.6 Å². The van der Waals surface area contributed by atoms with E-state index >= 15 is 0 Å². The predicted octanol–water partition coefficient (Wildman–Crippen LogP) is 2.73. The molecule has 0 aromatic heterocycles. The third-order valence-electron chi connectivity index (χ3n) is 5.13. The Morgan fingerprint density at radius 3 is 2.39 bits per heavy atom. The molecule has 2 atom stereocenters. The Morgan fingerprint density at radius 1 is 1.15 bits per heavy atom. The van der Waals surface area contributed by atoms with Gasteiger partial charge in [0.1, 0.15) is 11.2 Å². The van der Waals surface area contributed by atoms with E-state index in [1.54, 1.807) is 48.5 Å². The van der Waals surface area contributed by atoms with E-state index in [2.05, 4.69) is 16.0 Å². The first kappa shape index (κ1) is 25.1. The van der Waals surface area contributed by atoms with Gasteiger partial charge in [0.2, 0.25) is 11.8 Å². The first-order valence-electron chi connectivity index (χ1n) is 10.7. The molecule has 2 amide bonds. The predicted molar refractivity (Wildman–Crippen MR) is 130 cm³/mol. The Hall–Kier alpha value is -2.56. The van der Waals surface area contributed by atoms with E-state index < -0.39 is 26.5 Å². The minimum Gasteiger partial charge on any atom is -0.494 e. The van der Waals surface area contributed by atoms with Crippen LogP contribution < -0.4 is 20.7 Å². The number of sulfone groups is 1. The van der Waals surface area contributed by atoms with Crippen LogP contribution in [0.1, 0.15) is 32.3 Å². The van der Waals surface area contributed by atoms with Crippen LogP contribution in [0.3, 0.4) is 0 Å². The smallest absolute Gasteiger partial charge is 0.241 e. The Bertz CT molecular complexity index is 1070. The Balaban J connectivity index is 1.51. The zero-order valence-corrected chi connectivity index (χ0v) is 20.5. The largest absolute Gasteiger partial charge is 0.494 e. The van der Waals surface area contributed by atoms with Crippen molar-refractivity contribution in [2.24, 2.45) is 0 Å². The van der Waals surface area contributed by atoms with Gasteiger partial charge in [0.25, 0.3) is 0 Å². The number of carbonyl (C=O) groups excluding carboxylic acids is 2. The highest BCUT2D eigenvalue weighted by atomic mass is 32.2. The lowest BCUT2D eigenvalue weighted by Gasteiger charge is -2.29. The fraction of sp³-hybridized carbons (Fsp3) is 0.391. The molecule has 2 aromatic carbocycles. The summed E-state index contributed by atoms with van der Waals surface area (Å²) < 4.78 is 31.2. The minimum atomic E-state index is -3.83. The summed E-state index contributed by atoms with van der Waals surface area (Å²) in [6.07, 6.45) is 0. The molecule has 0 radical (unpaired) electrons. The average Bonchev–Trinajstić information content (AvgIpc) is 2.79. The molecule has 8 nitrogen and oxygen atoms in total. The molecular formula is C23H29N3O5S2. The van der Waals surface area contributed by atoms with Crippen molar-refractivity contribution in [1.29, 1.82) is 0 Å². The second kappa shape index (κ2) is 11.0. The molecule has 0 spiro atoms. The Kier molecular flexibility index (Phi) is 8.39. The van der Waals surface area contributed by atoms with Crippen LogP contribution in [0.25, 0.3) is 0 Å². The zero-order chi connectivity index (χ0) is 24.0. The normalized spacial score (nSPS) is 18.6. The first-order chi connectivity index (χ1) is 15.7. The zero-order valence-electron chi connectivity index (χ0n) is 18.8. The van der Waals surface area contributed by atoms with E-state index in [4.69, 9.17) is 4.74 Å². The van der Waals surface area contributed by atoms with E-state index in [1.807, 2.05) is 20.8 Å². The number of amides is 2. The number of nitrogens with one attached hydrogen (secondary N) is 3. The first-order valence-corrected chi connectivity index (χ1v) is 13.3. The molecule has 1 aliphatic rings. The number of ether oxygens (including phenoxy) is 1. The van der Waals surface area contributed by atoms with E-state index in [0.29, 0.717) is 12.3 Å². The van der Waals surface area contributed by atoms with Crippen LogP contribution in [0.4, 0.5) is 5.69 Å². The van der Waals surface area contributed by atoms with E-state index in [-0.39, 0.29) is 29.0 Å². The number of hydrogen-bond acceptors (Lipinski definition) is 7. The molecule has 2 unspecified atom stereocenters. The van der Waals surface area contributed by atoms with Gasteiger partial charge in [0, 0.05) is 12.2 Å². The van der Waals surface area contributed by atoms with Crippen molar-refractivity contribution < 1.29 is 22.7 Å². The van der Waals surface area contributed by atoms with Crippen LogP contribution in [-0.4, -0.2) is 49.9 Å². The second-order valence-electron chi connectivity index (χ2n) is 7.87. The number of anilines is 1. The van der Waals surface area contributed by atoms with E-state index in [1.165, 1.54) is 11.8 Å². The molecule has 3 N–H and O–H groups in total. The highest BCUT2D eigenvalue weighted by Crippen LogP contribution is 2.23. The lowest BCUT2D eigenvalue weighted by atomic mass is 10.0. The van der Waals surface area contributed by atoms with Crippen LogP contribution >= 0.6 is 11.8 Å². The lowest BCUT2D eigenvalue weighted by molar-refractivity contribution is -0.122. The van der Waals surface area contributed by atoms with Gasteiger partial charge in [-0.05, 0) is 54.8 Å². The number of thioether (sulfide) groups is 1. The summed E-state index contributed by atoms with van der Waals surface area (Å²) in [6.45, 7) is 6.48. The maximum atomic E-state index is 12.9. The molecule has 1 heterocycles.